The second-order valence-corrected chi connectivity index (χ2v) is 4.33. The molecule has 0 aromatic carbocycles. The minimum absolute atomic E-state index is 0.391. The van der Waals surface area contributed by atoms with Gasteiger partial charge < -0.3 is 4.90 Å². The Morgan fingerprint density at radius 2 is 2.14 bits per heavy atom. The molecule has 0 aliphatic carbocycles. The van der Waals surface area contributed by atoms with Crippen LogP contribution in [-0.4, -0.2) is 22.6 Å². The van der Waals surface area contributed by atoms with Gasteiger partial charge in [-0.1, -0.05) is 11.6 Å². The van der Waals surface area contributed by atoms with Crippen LogP contribution >= 0.6 is 27.5 Å². The summed E-state index contributed by atoms with van der Waals surface area (Å²) in [6.07, 6.45) is 1.48. The Labute approximate surface area is 97.6 Å². The van der Waals surface area contributed by atoms with Crippen molar-refractivity contribution < 1.29 is 0 Å². The van der Waals surface area contributed by atoms with E-state index in [2.05, 4.69) is 51.6 Å². The molecule has 0 aliphatic rings. The van der Waals surface area contributed by atoms with Crippen molar-refractivity contribution in [3.8, 4) is 0 Å². The van der Waals surface area contributed by atoms with E-state index >= 15 is 0 Å². The zero-order valence-corrected chi connectivity index (χ0v) is 10.8. The zero-order valence-electron chi connectivity index (χ0n) is 8.46. The van der Waals surface area contributed by atoms with E-state index in [1.165, 1.54) is 6.33 Å². The quantitative estimate of drug-likeness (QED) is 0.796. The van der Waals surface area contributed by atoms with E-state index in [0.717, 1.165) is 16.8 Å². The van der Waals surface area contributed by atoms with Crippen molar-refractivity contribution in [3.05, 3.63) is 16.0 Å². The lowest BCUT2D eigenvalue weighted by atomic mass is 10.3. The van der Waals surface area contributed by atoms with Gasteiger partial charge in [-0.15, -0.1) is 0 Å². The fourth-order valence-electron chi connectivity index (χ4n) is 1.30. The fourth-order valence-corrected chi connectivity index (χ4v) is 1.86. The van der Waals surface area contributed by atoms with E-state index in [-0.39, 0.29) is 0 Å². The lowest BCUT2D eigenvalue weighted by Crippen LogP contribution is -2.31. The van der Waals surface area contributed by atoms with E-state index in [0.29, 0.717) is 11.2 Å². The molecule has 0 aliphatic heterocycles. The third-order valence-corrected chi connectivity index (χ3v) is 3.21. The van der Waals surface area contributed by atoms with Crippen molar-refractivity contribution in [1.29, 1.82) is 0 Å². The largest absolute Gasteiger partial charge is 0.353 e. The third-order valence-electron chi connectivity index (χ3n) is 1.96. The summed E-state index contributed by atoms with van der Waals surface area (Å²) in [5.41, 5.74) is 0. The first-order valence-corrected chi connectivity index (χ1v) is 5.67. The van der Waals surface area contributed by atoms with Gasteiger partial charge in [0.1, 0.15) is 17.3 Å². The lowest BCUT2D eigenvalue weighted by Gasteiger charge is -2.27. The smallest absolute Gasteiger partial charge is 0.148 e. The van der Waals surface area contributed by atoms with Crippen LogP contribution < -0.4 is 4.90 Å². The Bertz CT molecular complexity index is 317. The summed E-state index contributed by atoms with van der Waals surface area (Å²) in [6.45, 7) is 7.21. The Kier molecular flexibility index (Phi) is 4.13. The highest BCUT2D eigenvalue weighted by Gasteiger charge is 2.15. The predicted octanol–water partition coefficient (Wildman–Crippen LogP) is 3.13. The first-order valence-electron chi connectivity index (χ1n) is 4.50. The zero-order chi connectivity index (χ0) is 10.7. The first kappa shape index (κ1) is 11.7. The molecule has 0 unspecified atom stereocenters. The number of anilines is 1. The monoisotopic (exact) mass is 277 g/mol. The van der Waals surface area contributed by atoms with Crippen LogP contribution in [0.4, 0.5) is 5.82 Å². The molecule has 78 valence electrons. The van der Waals surface area contributed by atoms with Gasteiger partial charge in [0.25, 0.3) is 0 Å². The second-order valence-electron chi connectivity index (χ2n) is 3.18. The second kappa shape index (κ2) is 4.94. The molecule has 0 saturated heterocycles. The van der Waals surface area contributed by atoms with Gasteiger partial charge in [0.15, 0.2) is 0 Å². The van der Waals surface area contributed by atoms with Crippen molar-refractivity contribution in [3.63, 3.8) is 0 Å². The van der Waals surface area contributed by atoms with Crippen LogP contribution in [0.3, 0.4) is 0 Å². The number of aromatic nitrogens is 2. The minimum Gasteiger partial charge on any atom is -0.353 e. The topological polar surface area (TPSA) is 29.0 Å². The minimum atomic E-state index is 0.391. The standard InChI is InChI=1S/C9H13BrClN3/c1-4-14(6(2)3)9-7(10)8(11)12-5-13-9/h5-6H,4H2,1-3H3. The van der Waals surface area contributed by atoms with Crippen molar-refractivity contribution >= 4 is 33.3 Å². The van der Waals surface area contributed by atoms with Crippen LogP contribution in [0.2, 0.25) is 5.15 Å². The number of hydrogen-bond donors (Lipinski definition) is 0. The molecule has 0 atom stereocenters. The van der Waals surface area contributed by atoms with Crippen LogP contribution in [0.15, 0.2) is 10.8 Å². The van der Waals surface area contributed by atoms with Gasteiger partial charge in [0.2, 0.25) is 0 Å². The van der Waals surface area contributed by atoms with Crippen LogP contribution in [0.5, 0.6) is 0 Å². The SMILES string of the molecule is CCN(c1ncnc(Cl)c1Br)C(C)C. The van der Waals surface area contributed by atoms with Crippen molar-refractivity contribution in [2.45, 2.75) is 26.8 Å². The molecule has 3 nitrogen and oxygen atoms in total. The summed E-state index contributed by atoms with van der Waals surface area (Å²) < 4.78 is 0.761. The van der Waals surface area contributed by atoms with Gasteiger partial charge in [-0.05, 0) is 36.7 Å². The molecule has 1 rings (SSSR count). The molecule has 0 bridgehead atoms. The van der Waals surface area contributed by atoms with E-state index in [1.54, 1.807) is 0 Å². The molecule has 0 radical (unpaired) electrons. The Morgan fingerprint density at radius 3 is 2.64 bits per heavy atom. The van der Waals surface area contributed by atoms with Gasteiger partial charge in [0, 0.05) is 12.6 Å². The molecule has 1 aromatic rings. The van der Waals surface area contributed by atoms with Gasteiger partial charge in [-0.2, -0.15) is 0 Å². The van der Waals surface area contributed by atoms with Crippen LogP contribution in [0, 0.1) is 0 Å². The van der Waals surface area contributed by atoms with E-state index in [9.17, 15) is 0 Å². The molecule has 0 saturated carbocycles. The average Bonchev–Trinajstić information content (AvgIpc) is 2.13. The van der Waals surface area contributed by atoms with E-state index < -0.39 is 0 Å². The van der Waals surface area contributed by atoms with Crippen LogP contribution in [0.1, 0.15) is 20.8 Å². The van der Waals surface area contributed by atoms with E-state index in [4.69, 9.17) is 11.6 Å². The number of hydrogen-bond acceptors (Lipinski definition) is 3. The summed E-state index contributed by atoms with van der Waals surface area (Å²) in [6, 6.07) is 0.391. The summed E-state index contributed by atoms with van der Waals surface area (Å²) in [4.78, 5) is 10.3. The molecule has 0 fully saturated rings. The summed E-state index contributed by atoms with van der Waals surface area (Å²) >= 11 is 9.29. The maximum atomic E-state index is 5.89. The number of nitrogens with zero attached hydrogens (tertiary/aromatic N) is 3. The maximum Gasteiger partial charge on any atom is 0.148 e. The van der Waals surface area contributed by atoms with Gasteiger partial charge >= 0.3 is 0 Å². The number of halogens is 2. The molecule has 14 heavy (non-hydrogen) atoms. The summed E-state index contributed by atoms with van der Waals surface area (Å²) in [7, 11) is 0. The van der Waals surface area contributed by atoms with Gasteiger partial charge in [0.05, 0.1) is 4.47 Å². The Morgan fingerprint density at radius 1 is 1.50 bits per heavy atom. The summed E-state index contributed by atoms with van der Waals surface area (Å²) in [5, 5.41) is 0.453. The highest BCUT2D eigenvalue weighted by atomic mass is 79.9. The third kappa shape index (κ3) is 2.36. The lowest BCUT2D eigenvalue weighted by molar-refractivity contribution is 0.690. The van der Waals surface area contributed by atoms with Crippen molar-refractivity contribution in [2.24, 2.45) is 0 Å². The molecule has 1 aromatic heterocycles. The number of rotatable bonds is 3. The highest BCUT2D eigenvalue weighted by molar-refractivity contribution is 9.10. The molecule has 1 heterocycles. The molecular weight excluding hydrogens is 265 g/mol. The molecular formula is C9H13BrClN3. The molecule has 5 heteroatoms. The van der Waals surface area contributed by atoms with Crippen molar-refractivity contribution in [2.75, 3.05) is 11.4 Å². The first-order chi connectivity index (χ1) is 6.57. The van der Waals surface area contributed by atoms with Crippen LogP contribution in [-0.2, 0) is 0 Å². The molecule has 0 N–H and O–H groups in total. The molecule has 0 spiro atoms. The average molecular weight is 279 g/mol. The molecule has 0 amide bonds. The van der Waals surface area contributed by atoms with Crippen molar-refractivity contribution in [1.82, 2.24) is 9.97 Å². The highest BCUT2D eigenvalue weighted by Crippen LogP contribution is 2.29. The Balaban J connectivity index is 3.10. The maximum absolute atomic E-state index is 5.89. The van der Waals surface area contributed by atoms with Crippen LogP contribution in [0.25, 0.3) is 0 Å². The normalized spacial score (nSPS) is 10.7. The van der Waals surface area contributed by atoms with Gasteiger partial charge in [-0.25, -0.2) is 9.97 Å². The summed E-state index contributed by atoms with van der Waals surface area (Å²) in [5.74, 6) is 0.850. The van der Waals surface area contributed by atoms with Gasteiger partial charge in [-0.3, -0.25) is 0 Å². The predicted molar refractivity (Wildman–Crippen MR) is 62.9 cm³/mol. The fraction of sp³-hybridized carbons (Fsp3) is 0.556. The van der Waals surface area contributed by atoms with E-state index in [1.807, 2.05) is 0 Å². The Hall–Kier alpha value is -0.350.